The minimum absolute atomic E-state index is 0.119. The summed E-state index contributed by atoms with van der Waals surface area (Å²) in [5.41, 5.74) is 1.13. The van der Waals surface area contributed by atoms with Crippen molar-refractivity contribution in [3.05, 3.63) is 87.5 Å². The highest BCUT2D eigenvalue weighted by atomic mass is 32.1. The zero-order valence-corrected chi connectivity index (χ0v) is 17.4. The van der Waals surface area contributed by atoms with Crippen molar-refractivity contribution < 1.29 is 9.18 Å². The molecule has 8 heteroatoms. The van der Waals surface area contributed by atoms with Crippen LogP contribution in [-0.4, -0.2) is 32.1 Å². The Labute approximate surface area is 181 Å². The van der Waals surface area contributed by atoms with Crippen LogP contribution in [0.4, 0.5) is 4.39 Å². The monoisotopic (exact) mass is 434 g/mol. The molecule has 6 nitrogen and oxygen atoms in total. The molecule has 2 aromatic heterocycles. The fourth-order valence-electron chi connectivity index (χ4n) is 3.90. The lowest BCUT2D eigenvalue weighted by Gasteiger charge is -2.34. The molecule has 31 heavy (non-hydrogen) atoms. The van der Waals surface area contributed by atoms with Crippen molar-refractivity contribution in [3.63, 3.8) is 0 Å². The van der Waals surface area contributed by atoms with Crippen LogP contribution >= 0.6 is 11.3 Å². The number of aromatic nitrogens is 3. The molecule has 156 valence electrons. The van der Waals surface area contributed by atoms with Gasteiger partial charge in [-0.15, -0.1) is 11.3 Å². The highest BCUT2D eigenvalue weighted by Gasteiger charge is 2.32. The molecule has 0 radical (unpaired) electrons. The van der Waals surface area contributed by atoms with Gasteiger partial charge < -0.3 is 4.90 Å². The summed E-state index contributed by atoms with van der Waals surface area (Å²) in [7, 11) is 0. The van der Waals surface area contributed by atoms with Crippen molar-refractivity contribution in [2.75, 3.05) is 6.54 Å². The van der Waals surface area contributed by atoms with E-state index in [0.29, 0.717) is 12.2 Å². The highest BCUT2D eigenvalue weighted by molar-refractivity contribution is 7.18. The van der Waals surface area contributed by atoms with Crippen LogP contribution in [0.15, 0.2) is 65.5 Å². The van der Waals surface area contributed by atoms with Crippen LogP contribution in [0.25, 0.3) is 15.9 Å². The maximum absolute atomic E-state index is 13.4. The summed E-state index contributed by atoms with van der Waals surface area (Å²) >= 11 is 1.61. The maximum atomic E-state index is 13.4. The lowest BCUT2D eigenvalue weighted by Crippen LogP contribution is -2.39. The topological polar surface area (TPSA) is 68.1 Å². The zero-order chi connectivity index (χ0) is 21.4. The Morgan fingerprint density at radius 3 is 2.65 bits per heavy atom. The van der Waals surface area contributed by atoms with E-state index in [-0.39, 0.29) is 23.2 Å². The molecule has 1 unspecified atom stereocenters. The Morgan fingerprint density at radius 2 is 1.84 bits per heavy atom. The van der Waals surface area contributed by atoms with Crippen LogP contribution in [0.1, 0.15) is 40.8 Å². The number of fused-ring (bicyclic) bond motifs is 1. The van der Waals surface area contributed by atoms with Gasteiger partial charge in [-0.25, -0.2) is 9.37 Å². The predicted octanol–water partition coefficient (Wildman–Crippen LogP) is 4.35. The first kappa shape index (κ1) is 19.6. The number of nitrogens with zero attached hydrogens (tertiary/aromatic N) is 4. The van der Waals surface area contributed by atoms with Crippen LogP contribution in [0.2, 0.25) is 0 Å². The molecule has 0 N–H and O–H groups in total. The fraction of sp³-hybridized carbons (Fsp3) is 0.217. The molecule has 1 aliphatic heterocycles. The number of benzene rings is 2. The normalized spacial score (nSPS) is 16.5. The van der Waals surface area contributed by atoms with E-state index < -0.39 is 5.82 Å². The van der Waals surface area contributed by atoms with E-state index in [9.17, 15) is 14.0 Å². The summed E-state index contributed by atoms with van der Waals surface area (Å²) < 4.78 is 15.5. The molecule has 0 spiro atoms. The minimum Gasteiger partial charge on any atom is -0.328 e. The van der Waals surface area contributed by atoms with E-state index in [1.54, 1.807) is 11.3 Å². The number of halogens is 1. The lowest BCUT2D eigenvalue weighted by atomic mass is 10.0. The third kappa shape index (κ3) is 3.74. The van der Waals surface area contributed by atoms with Crippen molar-refractivity contribution in [2.24, 2.45) is 0 Å². The maximum Gasteiger partial charge on any atom is 0.274 e. The van der Waals surface area contributed by atoms with Crippen LogP contribution in [0.3, 0.4) is 0 Å². The van der Waals surface area contributed by atoms with Crippen LogP contribution in [-0.2, 0) is 0 Å². The van der Waals surface area contributed by atoms with Crippen molar-refractivity contribution in [1.29, 1.82) is 0 Å². The second kappa shape index (κ2) is 8.03. The molecule has 1 atom stereocenters. The van der Waals surface area contributed by atoms with Crippen LogP contribution in [0.5, 0.6) is 0 Å². The average Bonchev–Trinajstić information content (AvgIpc) is 3.24. The molecule has 2 aromatic carbocycles. The number of thiazole rings is 1. The SMILES string of the molecule is O=C(c1ccc(=O)n(-c2ccc(F)cc2)n1)N1CCCCC1c1nc2ccccc2s1. The second-order valence-electron chi connectivity index (χ2n) is 7.47. The van der Waals surface area contributed by atoms with Crippen molar-refractivity contribution in [3.8, 4) is 5.69 Å². The summed E-state index contributed by atoms with van der Waals surface area (Å²) in [4.78, 5) is 32.3. The third-order valence-corrected chi connectivity index (χ3v) is 6.59. The summed E-state index contributed by atoms with van der Waals surface area (Å²) in [6.45, 7) is 0.608. The lowest BCUT2D eigenvalue weighted by molar-refractivity contribution is 0.0603. The molecule has 1 aliphatic rings. The second-order valence-corrected chi connectivity index (χ2v) is 8.54. The van der Waals surface area contributed by atoms with Crippen molar-refractivity contribution in [2.45, 2.75) is 25.3 Å². The number of para-hydroxylation sites is 1. The standard InChI is InChI=1S/C23H19FN4O2S/c24-15-8-10-16(11-9-15)28-21(29)13-12-18(26-28)23(30)27-14-4-3-6-19(27)22-25-17-5-1-2-7-20(17)31-22/h1-2,5,7-13,19H,3-4,6,14H2. The van der Waals surface area contributed by atoms with Gasteiger partial charge in [-0.2, -0.15) is 9.78 Å². The number of amides is 1. The number of carbonyl (C=O) groups excluding carboxylic acids is 1. The minimum atomic E-state index is -0.406. The Hall–Kier alpha value is -3.39. The Morgan fingerprint density at radius 1 is 1.03 bits per heavy atom. The van der Waals surface area contributed by atoms with E-state index in [1.165, 1.54) is 36.4 Å². The van der Waals surface area contributed by atoms with Gasteiger partial charge in [-0.05, 0) is 61.7 Å². The van der Waals surface area contributed by atoms with E-state index in [4.69, 9.17) is 4.98 Å². The van der Waals surface area contributed by atoms with Gasteiger partial charge in [0.2, 0.25) is 0 Å². The Kier molecular flexibility index (Phi) is 5.07. The molecule has 0 bridgehead atoms. The molecule has 4 aromatic rings. The predicted molar refractivity (Wildman–Crippen MR) is 117 cm³/mol. The number of likely N-dealkylation sites (tertiary alicyclic amines) is 1. The molecule has 5 rings (SSSR count). The third-order valence-electron chi connectivity index (χ3n) is 5.45. The van der Waals surface area contributed by atoms with E-state index >= 15 is 0 Å². The first-order valence-corrected chi connectivity index (χ1v) is 10.9. The molecular formula is C23H19FN4O2S. The largest absolute Gasteiger partial charge is 0.328 e. The summed E-state index contributed by atoms with van der Waals surface area (Å²) in [5, 5.41) is 5.21. The molecule has 0 saturated carbocycles. The zero-order valence-electron chi connectivity index (χ0n) is 16.6. The number of carbonyl (C=O) groups is 1. The van der Waals surface area contributed by atoms with Crippen molar-refractivity contribution >= 4 is 27.5 Å². The fourth-order valence-corrected chi connectivity index (χ4v) is 5.02. The number of rotatable bonds is 3. The van der Waals surface area contributed by atoms with Gasteiger partial charge in [0, 0.05) is 12.6 Å². The van der Waals surface area contributed by atoms with Gasteiger partial charge in [0.25, 0.3) is 11.5 Å². The number of hydrogen-bond donors (Lipinski definition) is 0. The summed E-state index contributed by atoms with van der Waals surface area (Å²) in [6, 6.07) is 16.0. The van der Waals surface area contributed by atoms with Gasteiger partial charge in [0.1, 0.15) is 16.5 Å². The number of piperidine rings is 1. The quantitative estimate of drug-likeness (QED) is 0.481. The van der Waals surface area contributed by atoms with Gasteiger partial charge in [0.05, 0.1) is 21.9 Å². The van der Waals surface area contributed by atoms with Crippen molar-refractivity contribution in [1.82, 2.24) is 19.7 Å². The van der Waals surface area contributed by atoms with Crippen LogP contribution < -0.4 is 5.56 Å². The highest BCUT2D eigenvalue weighted by Crippen LogP contribution is 2.36. The average molecular weight is 434 g/mol. The van der Waals surface area contributed by atoms with E-state index in [2.05, 4.69) is 5.10 Å². The molecule has 1 saturated heterocycles. The summed E-state index contributed by atoms with van der Waals surface area (Å²) in [6.07, 6.45) is 2.76. The molecule has 1 amide bonds. The first-order valence-electron chi connectivity index (χ1n) is 10.1. The molecule has 1 fully saturated rings. The number of hydrogen-bond acceptors (Lipinski definition) is 5. The molecule has 0 aliphatic carbocycles. The van der Waals surface area contributed by atoms with Gasteiger partial charge in [-0.3, -0.25) is 9.59 Å². The van der Waals surface area contributed by atoms with Crippen LogP contribution in [0, 0.1) is 5.82 Å². The van der Waals surface area contributed by atoms with Gasteiger partial charge >= 0.3 is 0 Å². The molecular weight excluding hydrogens is 415 g/mol. The first-order chi connectivity index (χ1) is 15.1. The van der Waals surface area contributed by atoms with Gasteiger partial charge in [0.15, 0.2) is 0 Å². The molecule has 3 heterocycles. The summed E-state index contributed by atoms with van der Waals surface area (Å²) in [5.74, 6) is -0.643. The van der Waals surface area contributed by atoms with Gasteiger partial charge in [-0.1, -0.05) is 12.1 Å². The smallest absolute Gasteiger partial charge is 0.274 e. The Balaban J connectivity index is 1.50. The Bertz CT molecular complexity index is 1280. The van der Waals surface area contributed by atoms with E-state index in [0.717, 1.165) is 39.2 Å². The van der Waals surface area contributed by atoms with E-state index in [1.807, 2.05) is 29.2 Å².